The highest BCUT2D eigenvalue weighted by molar-refractivity contribution is 6.32. The second kappa shape index (κ2) is 9.33. The van der Waals surface area contributed by atoms with Gasteiger partial charge >= 0.3 is 5.97 Å². The Labute approximate surface area is 211 Å². The number of fused-ring (bicyclic) bond motifs is 2. The van der Waals surface area contributed by atoms with Gasteiger partial charge in [0.15, 0.2) is 5.75 Å². The highest BCUT2D eigenvalue weighted by atomic mass is 35.5. The number of aromatic amines is 1. The largest absolute Gasteiger partial charge is 0.493 e. The van der Waals surface area contributed by atoms with Crippen LogP contribution in [-0.2, 0) is 15.9 Å². The number of H-pyrrole nitrogens is 1. The number of cyclic esters (lactones) is 1. The summed E-state index contributed by atoms with van der Waals surface area (Å²) in [6.07, 6.45) is 3.07. The Balaban J connectivity index is 1.51. The Bertz CT molecular complexity index is 1460. The molecule has 2 N–H and O–H groups in total. The summed E-state index contributed by atoms with van der Waals surface area (Å²) in [5.41, 5.74) is 5.18. The monoisotopic (exact) mass is 506 g/mol. The van der Waals surface area contributed by atoms with Crippen molar-refractivity contribution < 1.29 is 23.7 Å². The standard InChI is InChI=1S/C26H23ClN4O5/c1-33-25-16(27)3-2-4-19(25)30-24-21-17(9-12-35-26(21)32)29-23(24)15-7-10-28-18-5-6-20(31-22(15)18)36-14-8-11-34-13-14/h2-7,10,14,29-30H,8-9,11-13H2,1H3. The molecule has 1 aromatic carbocycles. The van der Waals surface area contributed by atoms with Crippen LogP contribution in [0.1, 0.15) is 22.5 Å². The summed E-state index contributed by atoms with van der Waals surface area (Å²) in [4.78, 5) is 25.6. The van der Waals surface area contributed by atoms with E-state index < -0.39 is 5.97 Å². The van der Waals surface area contributed by atoms with Gasteiger partial charge in [0.05, 0.1) is 54.5 Å². The predicted octanol–water partition coefficient (Wildman–Crippen LogP) is 4.91. The molecule has 0 radical (unpaired) electrons. The fraction of sp³-hybridized carbons (Fsp3) is 0.269. The number of esters is 1. The maximum Gasteiger partial charge on any atom is 0.342 e. The first-order valence-electron chi connectivity index (χ1n) is 11.6. The molecule has 2 aliphatic heterocycles. The van der Waals surface area contributed by atoms with E-state index in [-0.39, 0.29) is 6.10 Å². The number of ether oxygens (including phenoxy) is 4. The Morgan fingerprint density at radius 2 is 2.11 bits per heavy atom. The van der Waals surface area contributed by atoms with Crippen molar-refractivity contribution in [2.45, 2.75) is 18.9 Å². The minimum atomic E-state index is -0.404. The number of methoxy groups -OCH3 is 1. The van der Waals surface area contributed by atoms with Gasteiger partial charge in [-0.3, -0.25) is 4.98 Å². The number of aromatic nitrogens is 3. The van der Waals surface area contributed by atoms with Crippen molar-refractivity contribution in [3.05, 3.63) is 58.9 Å². The molecule has 36 heavy (non-hydrogen) atoms. The van der Waals surface area contributed by atoms with Gasteiger partial charge in [-0.25, -0.2) is 9.78 Å². The molecule has 0 aliphatic carbocycles. The number of benzene rings is 1. The highest BCUT2D eigenvalue weighted by Gasteiger charge is 2.30. The molecule has 1 fully saturated rings. The van der Waals surface area contributed by atoms with Crippen LogP contribution >= 0.6 is 11.6 Å². The molecule has 3 aromatic heterocycles. The van der Waals surface area contributed by atoms with E-state index in [0.29, 0.717) is 76.6 Å². The van der Waals surface area contributed by atoms with Crippen molar-refractivity contribution >= 4 is 40.0 Å². The summed E-state index contributed by atoms with van der Waals surface area (Å²) in [6, 6.07) is 10.9. The number of hydrogen-bond acceptors (Lipinski definition) is 8. The summed E-state index contributed by atoms with van der Waals surface area (Å²) in [6.45, 7) is 1.53. The van der Waals surface area contributed by atoms with Gasteiger partial charge in [-0.2, -0.15) is 0 Å². The van der Waals surface area contributed by atoms with Gasteiger partial charge in [0.2, 0.25) is 5.88 Å². The zero-order valence-electron chi connectivity index (χ0n) is 19.5. The number of nitrogens with zero attached hydrogens (tertiary/aromatic N) is 2. The second-order valence-electron chi connectivity index (χ2n) is 8.54. The third-order valence-electron chi connectivity index (χ3n) is 6.30. The molecule has 1 saturated heterocycles. The predicted molar refractivity (Wildman–Crippen MR) is 134 cm³/mol. The molecule has 4 aromatic rings. The number of anilines is 2. The lowest BCUT2D eigenvalue weighted by molar-refractivity contribution is 0.0480. The Hall–Kier alpha value is -3.82. The molecule has 0 spiro atoms. The molecule has 0 amide bonds. The molecule has 1 atom stereocenters. The average molecular weight is 507 g/mol. The lowest BCUT2D eigenvalue weighted by Crippen LogP contribution is -2.17. The quantitative estimate of drug-likeness (QED) is 0.355. The van der Waals surface area contributed by atoms with Crippen LogP contribution in [-0.4, -0.2) is 54.0 Å². The molecule has 2 aliphatic rings. The second-order valence-corrected chi connectivity index (χ2v) is 8.95. The zero-order valence-corrected chi connectivity index (χ0v) is 20.2. The van der Waals surface area contributed by atoms with Crippen LogP contribution in [0.15, 0.2) is 42.6 Å². The van der Waals surface area contributed by atoms with E-state index in [0.717, 1.165) is 17.7 Å². The van der Waals surface area contributed by atoms with Gasteiger partial charge in [0.25, 0.3) is 0 Å². The first-order valence-corrected chi connectivity index (χ1v) is 12.0. The van der Waals surface area contributed by atoms with Crippen LogP contribution in [0.3, 0.4) is 0 Å². The number of para-hydroxylation sites is 1. The fourth-order valence-corrected chi connectivity index (χ4v) is 4.86. The molecule has 5 heterocycles. The smallest absolute Gasteiger partial charge is 0.342 e. The van der Waals surface area contributed by atoms with E-state index >= 15 is 0 Å². The van der Waals surface area contributed by atoms with E-state index in [4.69, 9.17) is 35.5 Å². The molecule has 0 bridgehead atoms. The van der Waals surface area contributed by atoms with E-state index in [1.54, 1.807) is 19.4 Å². The van der Waals surface area contributed by atoms with Crippen molar-refractivity contribution in [2.75, 3.05) is 32.2 Å². The minimum Gasteiger partial charge on any atom is -0.493 e. The third-order valence-corrected chi connectivity index (χ3v) is 6.60. The Kier molecular flexibility index (Phi) is 5.86. The summed E-state index contributed by atoms with van der Waals surface area (Å²) >= 11 is 6.36. The molecule has 9 nitrogen and oxygen atoms in total. The van der Waals surface area contributed by atoms with Crippen molar-refractivity contribution in [2.24, 2.45) is 0 Å². The van der Waals surface area contributed by atoms with Gasteiger partial charge < -0.3 is 29.2 Å². The van der Waals surface area contributed by atoms with Gasteiger partial charge in [-0.05, 0) is 24.3 Å². The van der Waals surface area contributed by atoms with Gasteiger partial charge in [-0.15, -0.1) is 0 Å². The molecular weight excluding hydrogens is 484 g/mol. The number of carbonyl (C=O) groups is 1. The number of halogens is 1. The number of nitrogens with one attached hydrogen (secondary N) is 2. The topological polar surface area (TPSA) is 108 Å². The molecule has 1 unspecified atom stereocenters. The van der Waals surface area contributed by atoms with Gasteiger partial charge in [0.1, 0.15) is 17.2 Å². The first kappa shape index (κ1) is 22.6. The molecule has 0 saturated carbocycles. The maximum absolute atomic E-state index is 12.9. The van der Waals surface area contributed by atoms with Crippen LogP contribution in [0.4, 0.5) is 11.4 Å². The first-order chi connectivity index (χ1) is 17.6. The van der Waals surface area contributed by atoms with E-state index in [1.807, 2.05) is 30.3 Å². The van der Waals surface area contributed by atoms with E-state index in [1.165, 1.54) is 0 Å². The summed E-state index contributed by atoms with van der Waals surface area (Å²) in [7, 11) is 1.55. The lowest BCUT2D eigenvalue weighted by atomic mass is 10.1. The molecule has 6 rings (SSSR count). The van der Waals surface area contributed by atoms with Gasteiger partial charge in [0, 0.05) is 36.4 Å². The SMILES string of the molecule is COc1c(Cl)cccc1Nc1c(-c2ccnc3ccc(OC4CCOC4)nc23)[nH]c2c1C(=O)OCC2. The van der Waals surface area contributed by atoms with Crippen LogP contribution in [0, 0.1) is 0 Å². The maximum atomic E-state index is 12.9. The summed E-state index contributed by atoms with van der Waals surface area (Å²) < 4.78 is 22.4. The molecular formula is C26H23ClN4O5. The van der Waals surface area contributed by atoms with Crippen molar-refractivity contribution in [3.8, 4) is 22.9 Å². The molecule has 10 heteroatoms. The zero-order chi connectivity index (χ0) is 24.6. The third kappa shape index (κ3) is 4.00. The van der Waals surface area contributed by atoms with Crippen molar-refractivity contribution in [1.29, 1.82) is 0 Å². The number of pyridine rings is 2. The van der Waals surface area contributed by atoms with Crippen LogP contribution in [0.25, 0.3) is 22.3 Å². The number of hydrogen-bond donors (Lipinski definition) is 2. The van der Waals surface area contributed by atoms with E-state index in [9.17, 15) is 4.79 Å². The summed E-state index contributed by atoms with van der Waals surface area (Å²) in [5, 5.41) is 3.82. The molecule has 184 valence electrons. The van der Waals surface area contributed by atoms with E-state index in [2.05, 4.69) is 15.3 Å². The Morgan fingerprint density at radius 3 is 2.94 bits per heavy atom. The van der Waals surface area contributed by atoms with Crippen LogP contribution < -0.4 is 14.8 Å². The number of carbonyl (C=O) groups excluding carboxylic acids is 1. The van der Waals surface area contributed by atoms with Gasteiger partial charge in [-0.1, -0.05) is 17.7 Å². The summed E-state index contributed by atoms with van der Waals surface area (Å²) in [5.74, 6) is 0.559. The van der Waals surface area contributed by atoms with Crippen LogP contribution in [0.5, 0.6) is 11.6 Å². The lowest BCUT2D eigenvalue weighted by Gasteiger charge is -2.17. The van der Waals surface area contributed by atoms with Crippen molar-refractivity contribution in [3.63, 3.8) is 0 Å². The normalized spacial score (nSPS) is 17.1. The van der Waals surface area contributed by atoms with Crippen LogP contribution in [0.2, 0.25) is 5.02 Å². The Morgan fingerprint density at radius 1 is 1.19 bits per heavy atom. The fourth-order valence-electron chi connectivity index (χ4n) is 4.61. The average Bonchev–Trinajstić information content (AvgIpc) is 3.52. The minimum absolute atomic E-state index is 0.0323. The van der Waals surface area contributed by atoms with Crippen molar-refractivity contribution in [1.82, 2.24) is 15.0 Å². The highest BCUT2D eigenvalue weighted by Crippen LogP contribution is 2.42. The number of rotatable bonds is 6.